The molecule has 0 N–H and O–H groups in total. The van der Waals surface area contributed by atoms with Gasteiger partial charge in [0, 0.05) is 23.5 Å². The Morgan fingerprint density at radius 2 is 1.42 bits per heavy atom. The molecular formula is C17H25NaO6. The Kier molecular flexibility index (Phi) is 12.9. The zero-order valence-electron chi connectivity index (χ0n) is 15.0. The topological polar surface area (TPSA) is 92.7 Å². The molecule has 0 heterocycles. The Labute approximate surface area is 165 Å². The first-order valence-corrected chi connectivity index (χ1v) is 7.58. The number of carboxylic acid groups (broad SMARTS) is 1. The number of ether oxygens (including phenoxy) is 2. The maximum atomic E-state index is 11.8. The van der Waals surface area contributed by atoms with Crippen LogP contribution >= 0.6 is 0 Å². The van der Waals surface area contributed by atoms with Crippen LogP contribution in [0.25, 0.3) is 0 Å². The second-order valence-corrected chi connectivity index (χ2v) is 5.63. The van der Waals surface area contributed by atoms with E-state index in [0.29, 0.717) is 12.8 Å². The number of carboxylic acids is 1. The summed E-state index contributed by atoms with van der Waals surface area (Å²) in [4.78, 5) is 34.3. The molecule has 24 heavy (non-hydrogen) atoms. The maximum absolute atomic E-state index is 11.8. The van der Waals surface area contributed by atoms with E-state index in [1.165, 1.54) is 0 Å². The molecule has 0 aromatic carbocycles. The molecule has 0 radical (unpaired) electrons. The maximum Gasteiger partial charge on any atom is 1.00 e. The zero-order valence-corrected chi connectivity index (χ0v) is 17.0. The first-order valence-electron chi connectivity index (χ1n) is 7.58. The second-order valence-electron chi connectivity index (χ2n) is 5.63. The molecule has 0 aliphatic rings. The van der Waals surface area contributed by atoms with Crippen LogP contribution in [0.1, 0.15) is 46.5 Å². The minimum Gasteiger partial charge on any atom is -0.550 e. The molecule has 0 aliphatic carbocycles. The fraction of sp³-hybridized carbons (Fsp3) is 0.588. The van der Waals surface area contributed by atoms with Gasteiger partial charge in [-0.2, -0.15) is 0 Å². The normalized spacial score (nSPS) is 15.0. The van der Waals surface area contributed by atoms with Gasteiger partial charge < -0.3 is 19.4 Å². The monoisotopic (exact) mass is 348 g/mol. The van der Waals surface area contributed by atoms with Crippen molar-refractivity contribution in [3.63, 3.8) is 0 Å². The van der Waals surface area contributed by atoms with Gasteiger partial charge in [-0.1, -0.05) is 26.5 Å². The Bertz CT molecular complexity index is 430. The van der Waals surface area contributed by atoms with Gasteiger partial charge in [-0.15, -0.1) is 0 Å². The predicted molar refractivity (Wildman–Crippen MR) is 83.1 cm³/mol. The summed E-state index contributed by atoms with van der Waals surface area (Å²) in [5.74, 6) is -2.48. The van der Waals surface area contributed by atoms with Crippen molar-refractivity contribution >= 4 is 17.9 Å². The zero-order chi connectivity index (χ0) is 18.0. The van der Waals surface area contributed by atoms with Crippen molar-refractivity contribution in [1.29, 1.82) is 0 Å². The Morgan fingerprint density at radius 3 is 1.67 bits per heavy atom. The average molecular weight is 348 g/mol. The van der Waals surface area contributed by atoms with E-state index in [2.05, 4.69) is 13.2 Å². The summed E-state index contributed by atoms with van der Waals surface area (Å²) in [5.41, 5.74) is -1.25. The summed E-state index contributed by atoms with van der Waals surface area (Å²) in [5, 5.41) is 11.8. The van der Waals surface area contributed by atoms with E-state index in [1.807, 2.05) is 6.92 Å². The fourth-order valence-corrected chi connectivity index (χ4v) is 2.71. The van der Waals surface area contributed by atoms with Crippen LogP contribution in [0.15, 0.2) is 25.3 Å². The smallest absolute Gasteiger partial charge is 0.550 e. The number of esters is 2. The van der Waals surface area contributed by atoms with E-state index >= 15 is 0 Å². The minimum absolute atomic E-state index is 0. The number of rotatable bonds is 11. The van der Waals surface area contributed by atoms with E-state index < -0.39 is 35.5 Å². The second kappa shape index (κ2) is 12.3. The van der Waals surface area contributed by atoms with Gasteiger partial charge in [-0.25, -0.2) is 9.59 Å². The Hall–Kier alpha value is -1.11. The van der Waals surface area contributed by atoms with Gasteiger partial charge >= 0.3 is 41.5 Å². The Morgan fingerprint density at radius 1 is 1.04 bits per heavy atom. The van der Waals surface area contributed by atoms with Crippen LogP contribution < -0.4 is 34.7 Å². The van der Waals surface area contributed by atoms with Crippen LogP contribution in [-0.4, -0.2) is 30.1 Å². The molecule has 7 heteroatoms. The SMILES string of the molecule is C=CC(=O)OC(C)CC(CCC)(CC(C)OC(=O)C=C)C(=O)[O-].[Na+]. The minimum atomic E-state index is -1.25. The molecular weight excluding hydrogens is 323 g/mol. The molecule has 2 atom stereocenters. The van der Waals surface area contributed by atoms with E-state index in [9.17, 15) is 19.5 Å². The van der Waals surface area contributed by atoms with Crippen molar-refractivity contribution in [2.45, 2.75) is 58.7 Å². The quantitative estimate of drug-likeness (QED) is 0.257. The molecule has 0 saturated heterocycles. The third-order valence-electron chi connectivity index (χ3n) is 3.49. The molecule has 130 valence electrons. The number of carbonyl (C=O) groups excluding carboxylic acids is 3. The molecule has 0 aromatic rings. The molecule has 0 saturated carbocycles. The van der Waals surface area contributed by atoms with E-state index in [-0.39, 0.29) is 42.4 Å². The number of aliphatic carboxylic acids is 1. The largest absolute Gasteiger partial charge is 1.00 e. The first-order chi connectivity index (χ1) is 10.7. The van der Waals surface area contributed by atoms with E-state index in [0.717, 1.165) is 12.2 Å². The van der Waals surface area contributed by atoms with Crippen molar-refractivity contribution in [3.8, 4) is 0 Å². The third-order valence-corrected chi connectivity index (χ3v) is 3.49. The molecule has 0 fully saturated rings. The first kappa shape index (κ1) is 25.1. The summed E-state index contributed by atoms with van der Waals surface area (Å²) in [6.07, 6.45) is 1.83. The van der Waals surface area contributed by atoms with Crippen LogP contribution in [0, 0.1) is 5.41 Å². The summed E-state index contributed by atoms with van der Waals surface area (Å²) in [6, 6.07) is 0. The van der Waals surface area contributed by atoms with Crippen LogP contribution in [0.3, 0.4) is 0 Å². The summed E-state index contributed by atoms with van der Waals surface area (Å²) >= 11 is 0. The number of hydrogen-bond donors (Lipinski definition) is 0. The molecule has 0 aromatic heterocycles. The average Bonchev–Trinajstić information content (AvgIpc) is 2.46. The van der Waals surface area contributed by atoms with E-state index in [4.69, 9.17) is 9.47 Å². The van der Waals surface area contributed by atoms with Crippen molar-refractivity contribution in [1.82, 2.24) is 0 Å². The van der Waals surface area contributed by atoms with Crippen LogP contribution in [-0.2, 0) is 23.9 Å². The van der Waals surface area contributed by atoms with Gasteiger partial charge in [-0.05, 0) is 33.1 Å². The van der Waals surface area contributed by atoms with Crippen LogP contribution in [0.5, 0.6) is 0 Å². The van der Waals surface area contributed by atoms with Gasteiger partial charge in [0.2, 0.25) is 0 Å². The summed E-state index contributed by atoms with van der Waals surface area (Å²) < 4.78 is 10.1. The number of carbonyl (C=O) groups is 3. The van der Waals surface area contributed by atoms with Crippen LogP contribution in [0.4, 0.5) is 0 Å². The fourth-order valence-electron chi connectivity index (χ4n) is 2.71. The van der Waals surface area contributed by atoms with Gasteiger partial charge in [0.05, 0.1) is 0 Å². The number of hydrogen-bond acceptors (Lipinski definition) is 6. The summed E-state index contributed by atoms with van der Waals surface area (Å²) in [6.45, 7) is 11.7. The summed E-state index contributed by atoms with van der Waals surface area (Å²) in [7, 11) is 0. The third kappa shape index (κ3) is 8.66. The van der Waals surface area contributed by atoms with Gasteiger partial charge in [0.15, 0.2) is 0 Å². The van der Waals surface area contributed by atoms with Crippen LogP contribution in [0.2, 0.25) is 0 Å². The predicted octanol–water partition coefficient (Wildman–Crippen LogP) is -1.46. The standard InChI is InChI=1S/C17H26O6.Na/c1-6-9-17(16(20)21,10-12(4)22-14(18)7-2)11-13(5)23-15(19)8-3;/h7-8,12-13H,2-3,6,9-11H2,1,4-5H3,(H,20,21);/q;+1/p-1. The Balaban J connectivity index is 0. The van der Waals surface area contributed by atoms with Gasteiger partial charge in [0.1, 0.15) is 12.2 Å². The van der Waals surface area contributed by atoms with Gasteiger partial charge in [0.25, 0.3) is 0 Å². The van der Waals surface area contributed by atoms with Crippen molar-refractivity contribution in [2.24, 2.45) is 5.41 Å². The van der Waals surface area contributed by atoms with E-state index in [1.54, 1.807) is 13.8 Å². The van der Waals surface area contributed by atoms with Crippen molar-refractivity contribution in [2.75, 3.05) is 0 Å². The molecule has 0 amide bonds. The molecule has 0 spiro atoms. The molecule has 0 rings (SSSR count). The van der Waals surface area contributed by atoms with Crippen molar-refractivity contribution in [3.05, 3.63) is 25.3 Å². The van der Waals surface area contributed by atoms with Crippen molar-refractivity contribution < 1.29 is 58.5 Å². The van der Waals surface area contributed by atoms with Gasteiger partial charge in [-0.3, -0.25) is 0 Å². The molecule has 0 aliphatic heterocycles. The molecule has 2 unspecified atom stereocenters. The molecule has 6 nitrogen and oxygen atoms in total. The molecule has 0 bridgehead atoms.